The maximum atomic E-state index is 13.6. The van der Waals surface area contributed by atoms with Gasteiger partial charge in [0.15, 0.2) is 0 Å². The minimum Gasteiger partial charge on any atom is -0.480 e. The summed E-state index contributed by atoms with van der Waals surface area (Å²) in [6.07, 6.45) is 0. The van der Waals surface area contributed by atoms with Gasteiger partial charge in [0.25, 0.3) is 5.91 Å². The second-order valence-corrected chi connectivity index (χ2v) is 4.55. The van der Waals surface area contributed by atoms with Crippen molar-refractivity contribution in [2.24, 2.45) is 0 Å². The fraction of sp³-hybridized carbons (Fsp3) is 0.385. The summed E-state index contributed by atoms with van der Waals surface area (Å²) in [6.45, 7) is 0.0280. The van der Waals surface area contributed by atoms with Crippen molar-refractivity contribution < 1.29 is 23.5 Å². The first-order chi connectivity index (χ1) is 9.31. The largest absolute Gasteiger partial charge is 0.480 e. The summed E-state index contributed by atoms with van der Waals surface area (Å²) in [5, 5.41) is 8.80. The lowest BCUT2D eigenvalue weighted by Gasteiger charge is -2.22. The maximum Gasteiger partial charge on any atom is 0.323 e. The third-order valence-corrected chi connectivity index (χ3v) is 2.59. The Morgan fingerprint density at radius 1 is 1.20 bits per heavy atom. The first-order valence-electron chi connectivity index (χ1n) is 5.92. The number of carbonyl (C=O) groups is 2. The average molecular weight is 286 g/mol. The molecule has 20 heavy (non-hydrogen) atoms. The highest BCUT2D eigenvalue weighted by Crippen LogP contribution is 2.12. The van der Waals surface area contributed by atoms with Crippen molar-refractivity contribution in [1.29, 1.82) is 0 Å². The first-order valence-corrected chi connectivity index (χ1v) is 5.92. The number of likely N-dealkylation sites (N-methyl/N-ethyl adjacent to an activating group) is 1. The predicted octanol–water partition coefficient (Wildman–Crippen LogP) is 1.05. The lowest BCUT2D eigenvalue weighted by Crippen LogP contribution is -2.40. The smallest absolute Gasteiger partial charge is 0.323 e. The summed E-state index contributed by atoms with van der Waals surface area (Å²) in [6, 6.07) is 2.57. The molecule has 0 aliphatic carbocycles. The molecule has 5 nitrogen and oxygen atoms in total. The number of carboxylic acid groups (broad SMARTS) is 1. The first kappa shape index (κ1) is 16.0. The third-order valence-electron chi connectivity index (χ3n) is 2.59. The van der Waals surface area contributed by atoms with Crippen LogP contribution in [-0.4, -0.2) is 60.5 Å². The van der Waals surface area contributed by atoms with Gasteiger partial charge >= 0.3 is 5.97 Å². The number of rotatable bonds is 6. The molecule has 0 aromatic heterocycles. The molecule has 0 aliphatic heterocycles. The van der Waals surface area contributed by atoms with Gasteiger partial charge in [0, 0.05) is 19.2 Å². The van der Waals surface area contributed by atoms with Gasteiger partial charge in [0.2, 0.25) is 0 Å². The van der Waals surface area contributed by atoms with Crippen LogP contribution in [0, 0.1) is 11.6 Å². The molecule has 1 N–H and O–H groups in total. The van der Waals surface area contributed by atoms with E-state index in [2.05, 4.69) is 0 Å². The Bertz CT molecular complexity index is 506. The van der Waals surface area contributed by atoms with Gasteiger partial charge in [-0.05, 0) is 26.2 Å². The normalized spacial score (nSPS) is 10.7. The van der Waals surface area contributed by atoms with Crippen LogP contribution >= 0.6 is 0 Å². The molecule has 0 unspecified atom stereocenters. The molecule has 0 saturated carbocycles. The van der Waals surface area contributed by atoms with Crippen LogP contribution in [0.2, 0.25) is 0 Å². The van der Waals surface area contributed by atoms with E-state index in [0.717, 1.165) is 17.0 Å². The molecule has 110 valence electrons. The summed E-state index contributed by atoms with van der Waals surface area (Å²) in [7, 11) is 3.53. The monoisotopic (exact) mass is 286 g/mol. The maximum absolute atomic E-state index is 13.6. The summed E-state index contributed by atoms with van der Waals surface area (Å²) in [5.74, 6) is -3.77. The number of hydrogen-bond donors (Lipinski definition) is 1. The highest BCUT2D eigenvalue weighted by molar-refractivity contribution is 5.96. The third kappa shape index (κ3) is 4.58. The van der Waals surface area contributed by atoms with Crippen molar-refractivity contribution in [3.8, 4) is 0 Å². The average Bonchev–Trinajstić information content (AvgIpc) is 2.33. The molecule has 1 rings (SSSR count). The van der Waals surface area contributed by atoms with Crippen molar-refractivity contribution in [3.63, 3.8) is 0 Å². The van der Waals surface area contributed by atoms with Gasteiger partial charge in [-0.2, -0.15) is 0 Å². The van der Waals surface area contributed by atoms with E-state index in [0.29, 0.717) is 12.6 Å². The van der Waals surface area contributed by atoms with E-state index < -0.39 is 30.1 Å². The van der Waals surface area contributed by atoms with Gasteiger partial charge in [-0.25, -0.2) is 8.78 Å². The fourth-order valence-electron chi connectivity index (χ4n) is 1.57. The van der Waals surface area contributed by atoms with E-state index >= 15 is 0 Å². The lowest BCUT2D eigenvalue weighted by atomic mass is 10.1. The SMILES string of the molecule is CN(C)CCN(CC(=O)O)C(=O)c1ccc(F)cc1F. The van der Waals surface area contributed by atoms with E-state index in [1.54, 1.807) is 19.0 Å². The molecule has 0 saturated heterocycles. The van der Waals surface area contributed by atoms with Crippen LogP contribution in [0.15, 0.2) is 18.2 Å². The Labute approximate surface area is 115 Å². The van der Waals surface area contributed by atoms with Crippen LogP contribution in [0.5, 0.6) is 0 Å². The van der Waals surface area contributed by atoms with E-state index in [4.69, 9.17) is 5.11 Å². The van der Waals surface area contributed by atoms with Crippen molar-refractivity contribution in [2.75, 3.05) is 33.7 Å². The Balaban J connectivity index is 2.93. The van der Waals surface area contributed by atoms with Gasteiger partial charge in [-0.15, -0.1) is 0 Å². The molecule has 0 fully saturated rings. The minimum absolute atomic E-state index is 0.134. The summed E-state index contributed by atoms with van der Waals surface area (Å²) >= 11 is 0. The minimum atomic E-state index is -1.19. The molecule has 0 bridgehead atoms. The predicted molar refractivity (Wildman–Crippen MR) is 68.5 cm³/mol. The second-order valence-electron chi connectivity index (χ2n) is 4.55. The fourth-order valence-corrected chi connectivity index (χ4v) is 1.57. The highest BCUT2D eigenvalue weighted by atomic mass is 19.1. The topological polar surface area (TPSA) is 60.9 Å². The van der Waals surface area contributed by atoms with E-state index in [9.17, 15) is 18.4 Å². The molecule has 1 aromatic carbocycles. The van der Waals surface area contributed by atoms with Crippen molar-refractivity contribution in [1.82, 2.24) is 9.80 Å². The molecule has 0 aliphatic rings. The lowest BCUT2D eigenvalue weighted by molar-refractivity contribution is -0.137. The number of carboxylic acids is 1. The number of hydrogen-bond acceptors (Lipinski definition) is 3. The zero-order valence-electron chi connectivity index (χ0n) is 11.3. The highest BCUT2D eigenvalue weighted by Gasteiger charge is 2.21. The number of amides is 1. The van der Waals surface area contributed by atoms with Gasteiger partial charge in [0.1, 0.15) is 18.2 Å². The van der Waals surface area contributed by atoms with Crippen LogP contribution < -0.4 is 0 Å². The standard InChI is InChI=1S/C13H16F2N2O3/c1-16(2)5-6-17(8-12(18)19)13(20)10-4-3-9(14)7-11(10)15/h3-4,7H,5-6,8H2,1-2H3,(H,18,19). The van der Waals surface area contributed by atoms with Gasteiger partial charge in [0.05, 0.1) is 5.56 Å². The van der Waals surface area contributed by atoms with Crippen LogP contribution in [-0.2, 0) is 4.79 Å². The van der Waals surface area contributed by atoms with Gasteiger partial charge < -0.3 is 14.9 Å². The van der Waals surface area contributed by atoms with Crippen molar-refractivity contribution in [2.45, 2.75) is 0 Å². The Hall–Kier alpha value is -2.02. The van der Waals surface area contributed by atoms with Gasteiger partial charge in [-0.3, -0.25) is 9.59 Å². The molecule has 1 aromatic rings. The van der Waals surface area contributed by atoms with E-state index in [1.165, 1.54) is 0 Å². The van der Waals surface area contributed by atoms with E-state index in [1.807, 2.05) is 0 Å². The van der Waals surface area contributed by atoms with E-state index in [-0.39, 0.29) is 12.1 Å². The molecule has 1 amide bonds. The van der Waals surface area contributed by atoms with Gasteiger partial charge in [-0.1, -0.05) is 0 Å². The zero-order chi connectivity index (χ0) is 15.3. The number of halogens is 2. The molecule has 0 radical (unpaired) electrons. The summed E-state index contributed by atoms with van der Waals surface area (Å²) < 4.78 is 26.4. The Kier molecular flexibility index (Phi) is 5.57. The molecule has 0 atom stereocenters. The Morgan fingerprint density at radius 2 is 1.85 bits per heavy atom. The number of benzene rings is 1. The number of nitrogens with zero attached hydrogens (tertiary/aromatic N) is 2. The Morgan fingerprint density at radius 3 is 2.35 bits per heavy atom. The second kappa shape index (κ2) is 6.95. The number of aliphatic carboxylic acids is 1. The van der Waals surface area contributed by atoms with Crippen LogP contribution in [0.3, 0.4) is 0 Å². The molecule has 7 heteroatoms. The molecular weight excluding hydrogens is 270 g/mol. The molecule has 0 spiro atoms. The van der Waals surface area contributed by atoms with Crippen LogP contribution in [0.1, 0.15) is 10.4 Å². The van der Waals surface area contributed by atoms with Crippen LogP contribution in [0.25, 0.3) is 0 Å². The van der Waals surface area contributed by atoms with Crippen LogP contribution in [0.4, 0.5) is 8.78 Å². The number of carbonyl (C=O) groups excluding carboxylic acids is 1. The summed E-state index contributed by atoms with van der Waals surface area (Å²) in [5.41, 5.74) is -0.341. The molecule has 0 heterocycles. The zero-order valence-corrected chi connectivity index (χ0v) is 11.3. The summed E-state index contributed by atoms with van der Waals surface area (Å²) in [4.78, 5) is 25.7. The molecular formula is C13H16F2N2O3. The quantitative estimate of drug-likeness (QED) is 0.849. The van der Waals surface area contributed by atoms with Crippen molar-refractivity contribution in [3.05, 3.63) is 35.4 Å². The van der Waals surface area contributed by atoms with Crippen molar-refractivity contribution >= 4 is 11.9 Å².